The van der Waals surface area contributed by atoms with Crippen LogP contribution in [0, 0.1) is 15.9 Å². The summed E-state index contributed by atoms with van der Waals surface area (Å²) in [6, 6.07) is 8.66. The van der Waals surface area contributed by atoms with Gasteiger partial charge in [0.1, 0.15) is 0 Å². The van der Waals surface area contributed by atoms with Gasteiger partial charge in [0.15, 0.2) is 5.82 Å². The summed E-state index contributed by atoms with van der Waals surface area (Å²) < 4.78 is 13.7. The number of nitro groups is 1. The van der Waals surface area contributed by atoms with Crippen molar-refractivity contribution in [3.05, 3.63) is 67.9 Å². The average Bonchev–Trinajstić information content (AvgIpc) is 2.42. The Kier molecular flexibility index (Phi) is 4.98. The largest absolute Gasteiger partial charge is 0.382 e. The van der Waals surface area contributed by atoms with E-state index in [2.05, 4.69) is 5.32 Å². The third-order valence-electron chi connectivity index (χ3n) is 2.89. The summed E-state index contributed by atoms with van der Waals surface area (Å²) in [6.45, 7) is 0.441. The summed E-state index contributed by atoms with van der Waals surface area (Å²) in [6.07, 6.45) is 0.576. The SMILES string of the molecule is O=[N+]([O-])c1ccc(NCCc2ccc(Cl)cc2Cl)c(F)c1. The second kappa shape index (κ2) is 6.74. The quantitative estimate of drug-likeness (QED) is 0.639. The van der Waals surface area contributed by atoms with E-state index in [-0.39, 0.29) is 11.4 Å². The van der Waals surface area contributed by atoms with Crippen molar-refractivity contribution in [1.29, 1.82) is 0 Å². The van der Waals surface area contributed by atoms with Gasteiger partial charge < -0.3 is 5.32 Å². The zero-order valence-electron chi connectivity index (χ0n) is 10.8. The van der Waals surface area contributed by atoms with Gasteiger partial charge in [0.05, 0.1) is 16.7 Å². The molecule has 7 heteroatoms. The van der Waals surface area contributed by atoms with Crippen LogP contribution in [0.15, 0.2) is 36.4 Å². The number of nitrogens with zero attached hydrogens (tertiary/aromatic N) is 1. The lowest BCUT2D eigenvalue weighted by Gasteiger charge is -2.08. The molecule has 110 valence electrons. The fourth-order valence-electron chi connectivity index (χ4n) is 1.82. The highest BCUT2D eigenvalue weighted by Crippen LogP contribution is 2.23. The van der Waals surface area contributed by atoms with Gasteiger partial charge in [-0.3, -0.25) is 10.1 Å². The van der Waals surface area contributed by atoms with E-state index in [1.54, 1.807) is 18.2 Å². The van der Waals surface area contributed by atoms with E-state index in [9.17, 15) is 14.5 Å². The molecule has 21 heavy (non-hydrogen) atoms. The third kappa shape index (κ3) is 4.06. The summed E-state index contributed by atoms with van der Waals surface area (Å²) in [5.41, 5.74) is 0.820. The molecule has 0 spiro atoms. The van der Waals surface area contributed by atoms with Crippen molar-refractivity contribution in [2.45, 2.75) is 6.42 Å². The highest BCUT2D eigenvalue weighted by atomic mass is 35.5. The Hall–Kier alpha value is -1.85. The predicted octanol–water partition coefficient (Wildman–Crippen LogP) is 4.70. The molecule has 0 aliphatic carbocycles. The van der Waals surface area contributed by atoms with Crippen LogP contribution in [-0.2, 0) is 6.42 Å². The number of hydrogen-bond donors (Lipinski definition) is 1. The molecule has 2 aromatic carbocycles. The van der Waals surface area contributed by atoms with Crippen molar-refractivity contribution in [2.75, 3.05) is 11.9 Å². The fraction of sp³-hybridized carbons (Fsp3) is 0.143. The number of hydrogen-bond acceptors (Lipinski definition) is 3. The van der Waals surface area contributed by atoms with Crippen LogP contribution in [0.1, 0.15) is 5.56 Å². The van der Waals surface area contributed by atoms with Gasteiger partial charge in [-0.25, -0.2) is 4.39 Å². The van der Waals surface area contributed by atoms with Crippen molar-refractivity contribution in [3.8, 4) is 0 Å². The zero-order valence-corrected chi connectivity index (χ0v) is 12.3. The van der Waals surface area contributed by atoms with Crippen molar-refractivity contribution in [3.63, 3.8) is 0 Å². The van der Waals surface area contributed by atoms with E-state index in [4.69, 9.17) is 23.2 Å². The summed E-state index contributed by atoms with van der Waals surface area (Å²) >= 11 is 11.8. The van der Waals surface area contributed by atoms with Crippen LogP contribution >= 0.6 is 23.2 Å². The highest BCUT2D eigenvalue weighted by Gasteiger charge is 2.10. The molecule has 0 bridgehead atoms. The molecule has 0 fully saturated rings. The van der Waals surface area contributed by atoms with Gasteiger partial charge in [-0.15, -0.1) is 0 Å². The van der Waals surface area contributed by atoms with Gasteiger partial charge in [0.25, 0.3) is 5.69 Å². The lowest BCUT2D eigenvalue weighted by atomic mass is 10.1. The van der Waals surface area contributed by atoms with E-state index in [1.165, 1.54) is 12.1 Å². The molecule has 0 aromatic heterocycles. The Morgan fingerprint density at radius 3 is 2.57 bits per heavy atom. The lowest BCUT2D eigenvalue weighted by Crippen LogP contribution is -2.07. The first-order chi connectivity index (χ1) is 9.97. The molecular formula is C14H11Cl2FN2O2. The van der Waals surface area contributed by atoms with E-state index in [1.807, 2.05) is 0 Å². The minimum absolute atomic E-state index is 0.214. The topological polar surface area (TPSA) is 55.2 Å². The fourth-order valence-corrected chi connectivity index (χ4v) is 2.32. The molecule has 0 aliphatic rings. The number of rotatable bonds is 5. The molecule has 4 nitrogen and oxygen atoms in total. The molecule has 0 saturated heterocycles. The highest BCUT2D eigenvalue weighted by molar-refractivity contribution is 6.35. The predicted molar refractivity (Wildman–Crippen MR) is 81.7 cm³/mol. The Balaban J connectivity index is 1.99. The van der Waals surface area contributed by atoms with Crippen molar-refractivity contribution >= 4 is 34.6 Å². The van der Waals surface area contributed by atoms with Crippen molar-refractivity contribution < 1.29 is 9.31 Å². The number of nitrogens with one attached hydrogen (secondary N) is 1. The van der Waals surface area contributed by atoms with Gasteiger partial charge in [-0.2, -0.15) is 0 Å². The molecule has 0 amide bonds. The second-order valence-corrected chi connectivity index (χ2v) is 5.18. The standard InChI is InChI=1S/C14H11Cl2FN2O2/c15-10-2-1-9(12(16)7-10)5-6-18-14-4-3-11(19(20)21)8-13(14)17/h1-4,7-8,18H,5-6H2. The molecule has 0 heterocycles. The summed E-state index contributed by atoms with van der Waals surface area (Å²) in [4.78, 5) is 9.88. The van der Waals surface area contributed by atoms with Crippen LogP contribution in [0.2, 0.25) is 10.0 Å². The molecule has 0 aliphatic heterocycles. The van der Waals surface area contributed by atoms with E-state index < -0.39 is 10.7 Å². The van der Waals surface area contributed by atoms with Crippen LogP contribution in [0.5, 0.6) is 0 Å². The average molecular weight is 329 g/mol. The van der Waals surface area contributed by atoms with Crippen LogP contribution < -0.4 is 5.32 Å². The van der Waals surface area contributed by atoms with E-state index in [0.717, 1.165) is 11.6 Å². The first-order valence-electron chi connectivity index (χ1n) is 6.09. The number of non-ortho nitro benzene ring substituents is 1. The second-order valence-electron chi connectivity index (χ2n) is 4.33. The monoisotopic (exact) mass is 328 g/mol. The van der Waals surface area contributed by atoms with Crippen LogP contribution in [0.3, 0.4) is 0 Å². The van der Waals surface area contributed by atoms with Crippen LogP contribution in [0.25, 0.3) is 0 Å². The Labute approximate surface area is 130 Å². The lowest BCUT2D eigenvalue weighted by molar-refractivity contribution is -0.385. The Bertz CT molecular complexity index is 680. The van der Waals surface area contributed by atoms with Crippen molar-refractivity contribution in [2.24, 2.45) is 0 Å². The van der Waals surface area contributed by atoms with Gasteiger partial charge in [-0.05, 0) is 30.2 Å². The first kappa shape index (κ1) is 15.5. The van der Waals surface area contributed by atoms with Gasteiger partial charge in [0, 0.05) is 22.7 Å². The minimum atomic E-state index is -0.661. The molecule has 0 unspecified atom stereocenters. The molecule has 0 radical (unpaired) electrons. The summed E-state index contributed by atoms with van der Waals surface area (Å²) in [5.74, 6) is -0.661. The van der Waals surface area contributed by atoms with Gasteiger partial charge >= 0.3 is 0 Å². The molecule has 1 N–H and O–H groups in total. The number of halogens is 3. The zero-order chi connectivity index (χ0) is 15.4. The number of nitro benzene ring substituents is 1. The molecular weight excluding hydrogens is 318 g/mol. The molecule has 2 rings (SSSR count). The molecule has 2 aromatic rings. The summed E-state index contributed by atoms with van der Waals surface area (Å²) in [7, 11) is 0. The van der Waals surface area contributed by atoms with E-state index in [0.29, 0.717) is 23.0 Å². The Morgan fingerprint density at radius 1 is 1.19 bits per heavy atom. The van der Waals surface area contributed by atoms with Gasteiger partial charge in [-0.1, -0.05) is 29.3 Å². The van der Waals surface area contributed by atoms with Crippen LogP contribution in [-0.4, -0.2) is 11.5 Å². The maximum atomic E-state index is 13.7. The molecule has 0 atom stereocenters. The normalized spacial score (nSPS) is 10.4. The smallest absolute Gasteiger partial charge is 0.272 e. The number of benzene rings is 2. The van der Waals surface area contributed by atoms with E-state index >= 15 is 0 Å². The molecule has 0 saturated carbocycles. The Morgan fingerprint density at radius 2 is 1.95 bits per heavy atom. The van der Waals surface area contributed by atoms with Crippen molar-refractivity contribution in [1.82, 2.24) is 0 Å². The minimum Gasteiger partial charge on any atom is -0.382 e. The maximum absolute atomic E-state index is 13.7. The third-order valence-corrected chi connectivity index (χ3v) is 3.48. The number of anilines is 1. The first-order valence-corrected chi connectivity index (χ1v) is 6.84. The summed E-state index contributed by atoms with van der Waals surface area (Å²) in [5, 5.41) is 14.5. The van der Waals surface area contributed by atoms with Gasteiger partial charge in [0.2, 0.25) is 0 Å². The maximum Gasteiger partial charge on any atom is 0.272 e. The van der Waals surface area contributed by atoms with Crippen LogP contribution in [0.4, 0.5) is 15.8 Å².